The lowest BCUT2D eigenvalue weighted by atomic mass is 10.1. The molecule has 2 saturated heterocycles. The lowest BCUT2D eigenvalue weighted by Gasteiger charge is -2.35. The second-order valence-electron chi connectivity index (χ2n) is 7.59. The van der Waals surface area contributed by atoms with Gasteiger partial charge in [0.2, 0.25) is 0 Å². The van der Waals surface area contributed by atoms with Crippen molar-refractivity contribution in [1.29, 1.82) is 0 Å². The van der Waals surface area contributed by atoms with E-state index in [0.717, 1.165) is 5.56 Å². The third-order valence-corrected chi connectivity index (χ3v) is 5.18. The zero-order chi connectivity index (χ0) is 20.3. The van der Waals surface area contributed by atoms with E-state index in [1.165, 1.54) is 4.90 Å². The van der Waals surface area contributed by atoms with E-state index in [-0.39, 0.29) is 30.7 Å². The van der Waals surface area contributed by atoms with Crippen molar-refractivity contribution >= 4 is 17.9 Å². The summed E-state index contributed by atoms with van der Waals surface area (Å²) >= 11 is 0. The van der Waals surface area contributed by atoms with Gasteiger partial charge in [0.05, 0.1) is 18.1 Å². The van der Waals surface area contributed by atoms with Gasteiger partial charge in [0.1, 0.15) is 0 Å². The standard InChI is InChI=1S/C20H27N3O5/c1-13-10-23(11-14(2)28-13)18(24)16-5-3-15(4-6-16)9-21-20(27)22-8-7-17(12-22)19(25)26/h3-6,13-14,17H,7-12H2,1-2H3,(H,21,27)(H,25,26). The molecule has 2 N–H and O–H groups in total. The molecule has 8 nitrogen and oxygen atoms in total. The van der Waals surface area contributed by atoms with Gasteiger partial charge < -0.3 is 25.0 Å². The number of aliphatic carboxylic acids is 1. The lowest BCUT2D eigenvalue weighted by molar-refractivity contribution is -0.141. The quantitative estimate of drug-likeness (QED) is 0.814. The molecule has 2 aliphatic rings. The number of rotatable bonds is 4. The van der Waals surface area contributed by atoms with Crippen LogP contribution in [0.3, 0.4) is 0 Å². The number of morpholine rings is 1. The molecule has 1 aromatic rings. The Morgan fingerprint density at radius 1 is 1.07 bits per heavy atom. The normalized spacial score (nSPS) is 24.9. The maximum atomic E-state index is 12.7. The Morgan fingerprint density at radius 3 is 2.29 bits per heavy atom. The number of urea groups is 1. The Labute approximate surface area is 164 Å². The summed E-state index contributed by atoms with van der Waals surface area (Å²) in [6.45, 7) is 6.09. The molecule has 2 heterocycles. The molecule has 0 saturated carbocycles. The smallest absolute Gasteiger partial charge is 0.317 e. The SMILES string of the molecule is CC1CN(C(=O)c2ccc(CNC(=O)N3CCC(C(=O)O)C3)cc2)CC(C)O1. The molecule has 8 heteroatoms. The summed E-state index contributed by atoms with van der Waals surface area (Å²) in [5, 5.41) is 11.8. The minimum atomic E-state index is -0.861. The molecule has 1 aromatic carbocycles. The van der Waals surface area contributed by atoms with E-state index in [9.17, 15) is 14.4 Å². The molecule has 0 aliphatic carbocycles. The second-order valence-corrected chi connectivity index (χ2v) is 7.59. The molecule has 3 unspecified atom stereocenters. The Kier molecular flexibility index (Phi) is 6.18. The highest BCUT2D eigenvalue weighted by molar-refractivity contribution is 5.94. The predicted molar refractivity (Wildman–Crippen MR) is 102 cm³/mol. The zero-order valence-electron chi connectivity index (χ0n) is 16.3. The predicted octanol–water partition coefficient (Wildman–Crippen LogP) is 1.55. The molecular formula is C20H27N3O5. The molecule has 0 radical (unpaired) electrons. The van der Waals surface area contributed by atoms with Gasteiger partial charge in [0.25, 0.3) is 5.91 Å². The fraction of sp³-hybridized carbons (Fsp3) is 0.550. The Balaban J connectivity index is 1.51. The first-order valence-electron chi connectivity index (χ1n) is 9.62. The van der Waals surface area contributed by atoms with Crippen LogP contribution in [0, 0.1) is 5.92 Å². The maximum absolute atomic E-state index is 12.7. The van der Waals surface area contributed by atoms with Crippen LogP contribution in [0.25, 0.3) is 0 Å². The summed E-state index contributed by atoms with van der Waals surface area (Å²) in [7, 11) is 0. The zero-order valence-corrected chi connectivity index (χ0v) is 16.3. The van der Waals surface area contributed by atoms with Gasteiger partial charge in [-0.2, -0.15) is 0 Å². The van der Waals surface area contributed by atoms with Crippen LogP contribution >= 0.6 is 0 Å². The number of nitrogens with one attached hydrogen (secondary N) is 1. The van der Waals surface area contributed by atoms with E-state index in [4.69, 9.17) is 9.84 Å². The van der Waals surface area contributed by atoms with E-state index in [2.05, 4.69) is 5.32 Å². The Morgan fingerprint density at radius 2 is 1.71 bits per heavy atom. The van der Waals surface area contributed by atoms with Crippen LogP contribution in [0.2, 0.25) is 0 Å². The van der Waals surface area contributed by atoms with Crippen LogP contribution < -0.4 is 5.32 Å². The summed E-state index contributed by atoms with van der Waals surface area (Å²) < 4.78 is 5.67. The number of carbonyl (C=O) groups is 3. The third-order valence-electron chi connectivity index (χ3n) is 5.18. The van der Waals surface area contributed by atoms with E-state index in [0.29, 0.717) is 38.2 Å². The summed E-state index contributed by atoms with van der Waals surface area (Å²) in [5.41, 5.74) is 1.49. The summed E-state index contributed by atoms with van der Waals surface area (Å²) in [6.07, 6.45) is 0.528. The number of carbonyl (C=O) groups excluding carboxylic acids is 2. The third kappa shape index (κ3) is 4.81. The molecule has 2 aliphatic heterocycles. The molecule has 152 valence electrons. The van der Waals surface area contributed by atoms with Crippen molar-refractivity contribution in [3.8, 4) is 0 Å². The molecular weight excluding hydrogens is 362 g/mol. The molecule has 0 bridgehead atoms. The van der Waals surface area contributed by atoms with Crippen molar-refractivity contribution in [3.63, 3.8) is 0 Å². The van der Waals surface area contributed by atoms with Crippen LogP contribution in [0.5, 0.6) is 0 Å². The number of hydrogen-bond acceptors (Lipinski definition) is 4. The van der Waals surface area contributed by atoms with E-state index < -0.39 is 11.9 Å². The number of benzene rings is 1. The van der Waals surface area contributed by atoms with E-state index >= 15 is 0 Å². The molecule has 2 fully saturated rings. The van der Waals surface area contributed by atoms with Crippen LogP contribution in [0.1, 0.15) is 36.2 Å². The van der Waals surface area contributed by atoms with Crippen LogP contribution in [0.15, 0.2) is 24.3 Å². The van der Waals surface area contributed by atoms with Gasteiger partial charge >= 0.3 is 12.0 Å². The van der Waals surface area contributed by atoms with Gasteiger partial charge in [-0.05, 0) is 38.0 Å². The van der Waals surface area contributed by atoms with Gasteiger partial charge in [-0.3, -0.25) is 9.59 Å². The average molecular weight is 389 g/mol. The van der Waals surface area contributed by atoms with Crippen molar-refractivity contribution in [3.05, 3.63) is 35.4 Å². The van der Waals surface area contributed by atoms with E-state index in [1.807, 2.05) is 30.9 Å². The number of carboxylic acid groups (broad SMARTS) is 1. The number of ether oxygens (including phenoxy) is 1. The average Bonchev–Trinajstić information content (AvgIpc) is 3.16. The van der Waals surface area contributed by atoms with Crippen LogP contribution in [0.4, 0.5) is 4.79 Å². The fourth-order valence-electron chi connectivity index (χ4n) is 3.73. The minimum absolute atomic E-state index is 0.0191. The highest BCUT2D eigenvalue weighted by Gasteiger charge is 2.30. The molecule has 0 aromatic heterocycles. The first-order valence-corrected chi connectivity index (χ1v) is 9.62. The molecule has 3 atom stereocenters. The Bertz CT molecular complexity index is 726. The van der Waals surface area contributed by atoms with Crippen LogP contribution in [-0.4, -0.2) is 71.2 Å². The number of nitrogens with zero attached hydrogens (tertiary/aromatic N) is 2. The van der Waals surface area contributed by atoms with Gasteiger partial charge in [0, 0.05) is 38.3 Å². The van der Waals surface area contributed by atoms with Crippen molar-refractivity contribution < 1.29 is 24.2 Å². The maximum Gasteiger partial charge on any atom is 0.317 e. The first-order chi connectivity index (χ1) is 13.3. The van der Waals surface area contributed by atoms with Crippen molar-refractivity contribution in [2.24, 2.45) is 5.92 Å². The van der Waals surface area contributed by atoms with Gasteiger partial charge in [0.15, 0.2) is 0 Å². The van der Waals surface area contributed by atoms with Crippen molar-refractivity contribution in [2.45, 2.75) is 39.0 Å². The molecule has 3 amide bonds. The lowest BCUT2D eigenvalue weighted by Crippen LogP contribution is -2.48. The Hall–Kier alpha value is -2.61. The minimum Gasteiger partial charge on any atom is -0.481 e. The molecule has 3 rings (SSSR count). The largest absolute Gasteiger partial charge is 0.481 e. The number of hydrogen-bond donors (Lipinski definition) is 2. The fourth-order valence-corrected chi connectivity index (χ4v) is 3.73. The second kappa shape index (κ2) is 8.60. The van der Waals surface area contributed by atoms with Crippen LogP contribution in [-0.2, 0) is 16.1 Å². The summed E-state index contributed by atoms with van der Waals surface area (Å²) in [5.74, 6) is -1.37. The topological polar surface area (TPSA) is 99.2 Å². The van der Waals surface area contributed by atoms with E-state index in [1.54, 1.807) is 12.1 Å². The monoisotopic (exact) mass is 389 g/mol. The highest BCUT2D eigenvalue weighted by atomic mass is 16.5. The molecule has 28 heavy (non-hydrogen) atoms. The number of amides is 3. The molecule has 0 spiro atoms. The number of likely N-dealkylation sites (tertiary alicyclic amines) is 1. The summed E-state index contributed by atoms with van der Waals surface area (Å²) in [6, 6.07) is 6.92. The summed E-state index contributed by atoms with van der Waals surface area (Å²) in [4.78, 5) is 39.2. The van der Waals surface area contributed by atoms with Crippen molar-refractivity contribution in [1.82, 2.24) is 15.1 Å². The van der Waals surface area contributed by atoms with Gasteiger partial charge in [-0.15, -0.1) is 0 Å². The van der Waals surface area contributed by atoms with Gasteiger partial charge in [-0.25, -0.2) is 4.79 Å². The first kappa shape index (κ1) is 20.1. The van der Waals surface area contributed by atoms with Gasteiger partial charge in [-0.1, -0.05) is 12.1 Å². The highest BCUT2D eigenvalue weighted by Crippen LogP contribution is 2.17. The van der Waals surface area contributed by atoms with Crippen molar-refractivity contribution in [2.75, 3.05) is 26.2 Å². The number of carboxylic acids is 1.